The Kier molecular flexibility index (Phi) is 3.81. The maximum atomic E-state index is 13.7. The van der Waals surface area contributed by atoms with E-state index in [4.69, 9.17) is 5.26 Å². The Morgan fingerprint density at radius 2 is 2.05 bits per heavy atom. The highest BCUT2D eigenvalue weighted by Crippen LogP contribution is 2.27. The zero-order valence-electron chi connectivity index (χ0n) is 10.9. The highest BCUT2D eigenvalue weighted by molar-refractivity contribution is 5.96. The van der Waals surface area contributed by atoms with Gasteiger partial charge in [0.2, 0.25) is 0 Å². The maximum Gasteiger partial charge on any atom is 0.336 e. The number of hydrogen-bond acceptors (Lipinski definition) is 2. The van der Waals surface area contributed by atoms with Gasteiger partial charge in [-0.15, -0.1) is 0 Å². The average molecular weight is 269 g/mol. The molecule has 0 saturated carbocycles. The monoisotopic (exact) mass is 269 g/mol. The van der Waals surface area contributed by atoms with Gasteiger partial charge in [-0.1, -0.05) is 25.1 Å². The first-order valence-electron chi connectivity index (χ1n) is 6.13. The zero-order valence-corrected chi connectivity index (χ0v) is 10.9. The summed E-state index contributed by atoms with van der Waals surface area (Å²) in [7, 11) is 0. The van der Waals surface area contributed by atoms with Crippen LogP contribution in [0.25, 0.3) is 11.1 Å². The molecule has 2 rings (SSSR count). The van der Waals surface area contributed by atoms with E-state index in [2.05, 4.69) is 0 Å². The van der Waals surface area contributed by atoms with Crippen LogP contribution in [0, 0.1) is 17.1 Å². The lowest BCUT2D eigenvalue weighted by Crippen LogP contribution is -2.01. The second-order valence-electron chi connectivity index (χ2n) is 4.35. The smallest absolute Gasteiger partial charge is 0.336 e. The number of aryl methyl sites for hydroxylation is 1. The van der Waals surface area contributed by atoms with Crippen molar-refractivity contribution in [2.45, 2.75) is 13.3 Å². The van der Waals surface area contributed by atoms with Crippen molar-refractivity contribution in [1.29, 1.82) is 5.26 Å². The Bertz CT molecular complexity index is 717. The molecule has 4 heteroatoms. The third-order valence-corrected chi connectivity index (χ3v) is 3.12. The van der Waals surface area contributed by atoms with Crippen molar-refractivity contribution >= 4 is 5.97 Å². The number of carbonyl (C=O) groups is 1. The summed E-state index contributed by atoms with van der Waals surface area (Å²) < 4.78 is 13.7. The minimum absolute atomic E-state index is 0.0581. The van der Waals surface area contributed by atoms with Crippen molar-refractivity contribution in [1.82, 2.24) is 0 Å². The number of benzene rings is 2. The van der Waals surface area contributed by atoms with Crippen LogP contribution in [0.1, 0.15) is 28.4 Å². The van der Waals surface area contributed by atoms with Crippen LogP contribution in [0.5, 0.6) is 0 Å². The standard InChI is InChI=1S/C16H12FNO2/c1-2-10-3-6-13(16(19)20)14(7-10)11-4-5-12(9-18)15(17)8-11/h3-8H,2H2,1H3,(H,19,20). The van der Waals surface area contributed by atoms with Gasteiger partial charge in [0.05, 0.1) is 11.1 Å². The first-order chi connectivity index (χ1) is 9.56. The van der Waals surface area contributed by atoms with Crippen molar-refractivity contribution in [3.05, 3.63) is 58.9 Å². The molecule has 0 amide bonds. The van der Waals surface area contributed by atoms with Gasteiger partial charge in [-0.3, -0.25) is 0 Å². The minimum atomic E-state index is -1.06. The lowest BCUT2D eigenvalue weighted by atomic mass is 9.95. The Balaban J connectivity index is 2.64. The second-order valence-corrected chi connectivity index (χ2v) is 4.35. The number of aromatic carboxylic acids is 1. The zero-order chi connectivity index (χ0) is 14.7. The first kappa shape index (κ1) is 13.8. The Morgan fingerprint density at radius 3 is 2.60 bits per heavy atom. The van der Waals surface area contributed by atoms with Crippen LogP contribution in [-0.4, -0.2) is 11.1 Å². The van der Waals surface area contributed by atoms with Crippen molar-refractivity contribution in [2.75, 3.05) is 0 Å². The van der Waals surface area contributed by atoms with Gasteiger partial charge in [0.1, 0.15) is 11.9 Å². The number of nitriles is 1. The van der Waals surface area contributed by atoms with Crippen molar-refractivity contribution in [3.63, 3.8) is 0 Å². The fraction of sp³-hybridized carbons (Fsp3) is 0.125. The quantitative estimate of drug-likeness (QED) is 0.925. The van der Waals surface area contributed by atoms with Crippen molar-refractivity contribution < 1.29 is 14.3 Å². The van der Waals surface area contributed by atoms with E-state index in [1.807, 2.05) is 6.92 Å². The second kappa shape index (κ2) is 5.54. The summed E-state index contributed by atoms with van der Waals surface area (Å²) in [6, 6.07) is 10.9. The van der Waals surface area contributed by atoms with Crippen molar-refractivity contribution in [2.24, 2.45) is 0 Å². The third-order valence-electron chi connectivity index (χ3n) is 3.12. The van der Waals surface area contributed by atoms with Gasteiger partial charge in [0, 0.05) is 0 Å². The highest BCUT2D eigenvalue weighted by atomic mass is 19.1. The molecule has 0 aliphatic rings. The molecular formula is C16H12FNO2. The van der Waals surface area contributed by atoms with Gasteiger partial charge < -0.3 is 5.11 Å². The van der Waals surface area contributed by atoms with Crippen LogP contribution >= 0.6 is 0 Å². The van der Waals surface area contributed by atoms with Crippen LogP contribution in [0.2, 0.25) is 0 Å². The molecule has 100 valence electrons. The van der Waals surface area contributed by atoms with E-state index < -0.39 is 11.8 Å². The van der Waals surface area contributed by atoms with Crippen LogP contribution in [0.4, 0.5) is 4.39 Å². The summed E-state index contributed by atoms with van der Waals surface area (Å²) in [5.74, 6) is -1.71. The minimum Gasteiger partial charge on any atom is -0.478 e. The number of rotatable bonds is 3. The van der Waals surface area contributed by atoms with E-state index >= 15 is 0 Å². The highest BCUT2D eigenvalue weighted by Gasteiger charge is 2.13. The SMILES string of the molecule is CCc1ccc(C(=O)O)c(-c2ccc(C#N)c(F)c2)c1. The molecule has 1 N–H and O–H groups in total. The summed E-state index contributed by atoms with van der Waals surface area (Å²) in [5.41, 5.74) is 1.94. The van der Waals surface area contributed by atoms with Crippen LogP contribution in [0.15, 0.2) is 36.4 Å². The van der Waals surface area contributed by atoms with Gasteiger partial charge in [0.25, 0.3) is 0 Å². The molecular weight excluding hydrogens is 257 g/mol. The first-order valence-corrected chi connectivity index (χ1v) is 6.13. The summed E-state index contributed by atoms with van der Waals surface area (Å²) in [6.07, 6.45) is 0.756. The number of hydrogen-bond donors (Lipinski definition) is 1. The lowest BCUT2D eigenvalue weighted by molar-refractivity contribution is 0.0697. The van der Waals surface area contributed by atoms with E-state index in [-0.39, 0.29) is 11.1 Å². The Morgan fingerprint density at radius 1 is 1.30 bits per heavy atom. The molecule has 0 saturated heterocycles. The van der Waals surface area contributed by atoms with E-state index in [0.29, 0.717) is 11.1 Å². The fourth-order valence-corrected chi connectivity index (χ4v) is 2.01. The van der Waals surface area contributed by atoms with Gasteiger partial charge in [-0.25, -0.2) is 9.18 Å². The van der Waals surface area contributed by atoms with Gasteiger partial charge >= 0.3 is 5.97 Å². The molecule has 0 unspecified atom stereocenters. The third kappa shape index (κ3) is 2.52. The molecule has 0 aliphatic heterocycles. The molecule has 0 radical (unpaired) electrons. The van der Waals surface area contributed by atoms with E-state index in [0.717, 1.165) is 12.0 Å². The Hall–Kier alpha value is -2.67. The molecule has 0 aromatic heterocycles. The fourth-order valence-electron chi connectivity index (χ4n) is 2.01. The molecule has 20 heavy (non-hydrogen) atoms. The number of carboxylic acids is 1. The summed E-state index contributed by atoms with van der Waals surface area (Å²) >= 11 is 0. The lowest BCUT2D eigenvalue weighted by Gasteiger charge is -2.09. The van der Waals surface area contributed by atoms with Crippen molar-refractivity contribution in [3.8, 4) is 17.2 Å². The van der Waals surface area contributed by atoms with E-state index in [1.165, 1.54) is 18.2 Å². The topological polar surface area (TPSA) is 61.1 Å². The molecule has 0 bridgehead atoms. The van der Waals surface area contributed by atoms with Gasteiger partial charge in [-0.05, 0) is 41.3 Å². The molecule has 2 aromatic rings. The summed E-state index contributed by atoms with van der Waals surface area (Å²) in [4.78, 5) is 11.3. The van der Waals surface area contributed by atoms with Crippen LogP contribution < -0.4 is 0 Å². The molecule has 3 nitrogen and oxygen atoms in total. The molecule has 0 heterocycles. The molecule has 0 atom stereocenters. The molecule has 2 aromatic carbocycles. The van der Waals surface area contributed by atoms with E-state index in [9.17, 15) is 14.3 Å². The predicted molar refractivity (Wildman–Crippen MR) is 72.9 cm³/mol. The molecule has 0 fully saturated rings. The van der Waals surface area contributed by atoms with E-state index in [1.54, 1.807) is 24.3 Å². The number of carboxylic acid groups (broad SMARTS) is 1. The predicted octanol–water partition coefficient (Wildman–Crippen LogP) is 3.62. The van der Waals surface area contributed by atoms with Crippen LogP contribution in [0.3, 0.4) is 0 Å². The van der Waals surface area contributed by atoms with Crippen LogP contribution in [-0.2, 0) is 6.42 Å². The summed E-state index contributed by atoms with van der Waals surface area (Å²) in [5, 5.41) is 17.9. The van der Waals surface area contributed by atoms with Gasteiger partial charge in [0.15, 0.2) is 0 Å². The largest absolute Gasteiger partial charge is 0.478 e. The normalized spacial score (nSPS) is 10.1. The maximum absolute atomic E-state index is 13.7. The number of halogens is 1. The Labute approximate surface area is 115 Å². The molecule has 0 aliphatic carbocycles. The van der Waals surface area contributed by atoms with Gasteiger partial charge in [-0.2, -0.15) is 5.26 Å². The average Bonchev–Trinajstić information content (AvgIpc) is 2.46. The molecule has 0 spiro atoms. The number of nitrogens with zero attached hydrogens (tertiary/aromatic N) is 1. The summed E-state index contributed by atoms with van der Waals surface area (Å²) in [6.45, 7) is 1.96.